The number of Topliss-reactive ketones (excluding diaryl/α,β-unsaturated/α-hetero) is 1. The maximum Gasteiger partial charge on any atom is 0.211 e. The van der Waals surface area contributed by atoms with Crippen LogP contribution in [0, 0.1) is 5.92 Å². The number of ether oxygens (including phenoxy) is 1. The minimum Gasteiger partial charge on any atom is -0.492 e. The molecular weight excluding hydrogens is 380 g/mol. The first-order valence-electron chi connectivity index (χ1n) is 10.5. The number of ketones is 1. The van der Waals surface area contributed by atoms with Crippen molar-refractivity contribution in [3.05, 3.63) is 23.8 Å². The zero-order valence-electron chi connectivity index (χ0n) is 20.0. The van der Waals surface area contributed by atoms with Crippen LogP contribution < -0.4 is 26.8 Å². The monoisotopic (exact) mass is 422 g/mol. The van der Waals surface area contributed by atoms with Crippen LogP contribution in [0.3, 0.4) is 0 Å². The Labute approximate surface area is 182 Å². The topological polar surface area (TPSA) is 119 Å². The van der Waals surface area contributed by atoms with E-state index in [1.165, 1.54) is 12.5 Å². The summed E-state index contributed by atoms with van der Waals surface area (Å²) in [6.07, 6.45) is 1.80. The fraction of sp³-hybridized carbons (Fsp3) is 0.652. The maximum atomic E-state index is 12.3. The van der Waals surface area contributed by atoms with Crippen LogP contribution >= 0.6 is 0 Å². The number of anilines is 1. The average molecular weight is 423 g/mol. The molecule has 6 N–H and O–H groups in total. The number of nitrogens with two attached hydrogens (primary N) is 2. The Morgan fingerprint density at radius 1 is 1.17 bits per heavy atom. The van der Waals surface area contributed by atoms with E-state index in [0.717, 1.165) is 5.92 Å². The molecule has 172 valence electrons. The van der Waals surface area contributed by atoms with Crippen molar-refractivity contribution in [2.24, 2.45) is 17.4 Å². The lowest BCUT2D eigenvalue weighted by Gasteiger charge is -2.27. The van der Waals surface area contributed by atoms with Crippen molar-refractivity contribution in [2.75, 3.05) is 18.5 Å². The van der Waals surface area contributed by atoms with Gasteiger partial charge >= 0.3 is 0 Å². The minimum absolute atomic E-state index is 0.258. The Kier molecular flexibility index (Phi) is 11.8. The largest absolute Gasteiger partial charge is 0.492 e. The van der Waals surface area contributed by atoms with Gasteiger partial charge in [-0.2, -0.15) is 0 Å². The zero-order valence-corrected chi connectivity index (χ0v) is 20.0. The van der Waals surface area contributed by atoms with E-state index in [4.69, 9.17) is 16.2 Å². The van der Waals surface area contributed by atoms with Crippen LogP contribution in [0.15, 0.2) is 18.2 Å². The molecule has 0 aliphatic carbocycles. The molecule has 0 spiro atoms. The van der Waals surface area contributed by atoms with Crippen molar-refractivity contribution >= 4 is 17.9 Å². The van der Waals surface area contributed by atoms with Crippen molar-refractivity contribution in [1.29, 1.82) is 0 Å². The molecule has 1 unspecified atom stereocenters. The van der Waals surface area contributed by atoms with Gasteiger partial charge < -0.3 is 26.8 Å². The summed E-state index contributed by atoms with van der Waals surface area (Å²) in [5, 5.41) is 6.03. The van der Waals surface area contributed by atoms with E-state index in [2.05, 4.69) is 52.2 Å². The molecule has 1 aromatic carbocycles. The van der Waals surface area contributed by atoms with E-state index in [9.17, 15) is 9.59 Å². The van der Waals surface area contributed by atoms with Gasteiger partial charge in [0, 0.05) is 23.8 Å². The molecule has 0 aromatic heterocycles. The first-order chi connectivity index (χ1) is 13.7. The standard InChI is InChI=1S/C13H19N3O3.C10H23N/c1-13(2,15)12(18)10-7-9(16-8-17)3-4-11(10)19-6-5-14;1-8(2)7-9(3)11-10(4,5)6/h3-4,7-8H,5-6,14-15H2,1-2H3,(H,16,17);8-9,11H,7H2,1-6H3. The van der Waals surface area contributed by atoms with Gasteiger partial charge in [-0.1, -0.05) is 13.8 Å². The van der Waals surface area contributed by atoms with E-state index >= 15 is 0 Å². The number of amides is 1. The molecule has 30 heavy (non-hydrogen) atoms. The van der Waals surface area contributed by atoms with Crippen LogP contribution in [0.2, 0.25) is 0 Å². The number of hydrogen-bond donors (Lipinski definition) is 4. The highest BCUT2D eigenvalue weighted by atomic mass is 16.5. The number of rotatable bonds is 10. The highest BCUT2D eigenvalue weighted by Gasteiger charge is 2.26. The Hall–Kier alpha value is -1.96. The SMILES string of the molecule is CC(C)(N)C(=O)c1cc(NC=O)ccc1OCCN.CC(C)CC(C)NC(C)(C)C. The van der Waals surface area contributed by atoms with Gasteiger partial charge in [0.25, 0.3) is 0 Å². The van der Waals surface area contributed by atoms with Gasteiger partial charge in [0.1, 0.15) is 12.4 Å². The number of hydrogen-bond acceptors (Lipinski definition) is 6. The summed E-state index contributed by atoms with van der Waals surface area (Å²) < 4.78 is 5.42. The third-order valence-corrected chi connectivity index (χ3v) is 3.91. The van der Waals surface area contributed by atoms with Gasteiger partial charge in [-0.3, -0.25) is 9.59 Å². The van der Waals surface area contributed by atoms with Gasteiger partial charge in [-0.15, -0.1) is 0 Å². The quantitative estimate of drug-likeness (QED) is 0.339. The molecule has 7 nitrogen and oxygen atoms in total. The Morgan fingerprint density at radius 3 is 2.20 bits per heavy atom. The second-order valence-electron chi connectivity index (χ2n) is 9.59. The molecule has 0 aliphatic heterocycles. The summed E-state index contributed by atoms with van der Waals surface area (Å²) >= 11 is 0. The number of carbonyl (C=O) groups excluding carboxylic acids is 2. The average Bonchev–Trinajstić information content (AvgIpc) is 2.57. The first kappa shape index (κ1) is 28.0. The van der Waals surface area contributed by atoms with Crippen LogP contribution in [-0.4, -0.2) is 42.5 Å². The van der Waals surface area contributed by atoms with E-state index in [0.29, 0.717) is 42.6 Å². The minimum atomic E-state index is -1.03. The zero-order chi connectivity index (χ0) is 23.5. The van der Waals surface area contributed by atoms with Crippen LogP contribution in [0.25, 0.3) is 0 Å². The number of nitrogens with one attached hydrogen (secondary N) is 2. The van der Waals surface area contributed by atoms with E-state index < -0.39 is 5.54 Å². The fourth-order valence-corrected chi connectivity index (χ4v) is 3.01. The normalized spacial score (nSPS) is 12.6. The van der Waals surface area contributed by atoms with Crippen molar-refractivity contribution in [1.82, 2.24) is 5.32 Å². The van der Waals surface area contributed by atoms with Crippen molar-refractivity contribution in [2.45, 2.75) is 78.9 Å². The third kappa shape index (κ3) is 11.9. The van der Waals surface area contributed by atoms with Gasteiger partial charge in [0.05, 0.1) is 11.1 Å². The lowest BCUT2D eigenvalue weighted by molar-refractivity contribution is -0.105. The van der Waals surface area contributed by atoms with Crippen LogP contribution in [0.5, 0.6) is 5.75 Å². The molecular formula is C23H42N4O3. The summed E-state index contributed by atoms with van der Waals surface area (Å²) in [7, 11) is 0. The van der Waals surface area contributed by atoms with Crippen molar-refractivity contribution in [3.63, 3.8) is 0 Å². The second-order valence-corrected chi connectivity index (χ2v) is 9.59. The third-order valence-electron chi connectivity index (χ3n) is 3.91. The van der Waals surface area contributed by atoms with Crippen LogP contribution in [-0.2, 0) is 4.79 Å². The lowest BCUT2D eigenvalue weighted by Crippen LogP contribution is -2.42. The molecule has 0 saturated carbocycles. The van der Waals surface area contributed by atoms with Gasteiger partial charge in [-0.25, -0.2) is 0 Å². The maximum absolute atomic E-state index is 12.3. The van der Waals surface area contributed by atoms with Crippen LogP contribution in [0.4, 0.5) is 5.69 Å². The second kappa shape index (κ2) is 12.7. The first-order valence-corrected chi connectivity index (χ1v) is 10.5. The highest BCUT2D eigenvalue weighted by Crippen LogP contribution is 2.26. The Balaban J connectivity index is 0.000000654. The van der Waals surface area contributed by atoms with E-state index in [-0.39, 0.29) is 11.3 Å². The predicted octanol–water partition coefficient (Wildman–Crippen LogP) is 3.32. The molecule has 0 fully saturated rings. The number of benzene rings is 1. The van der Waals surface area contributed by atoms with Crippen LogP contribution in [0.1, 0.15) is 72.2 Å². The summed E-state index contributed by atoms with van der Waals surface area (Å²) in [6.45, 7) is 17.3. The van der Waals surface area contributed by atoms with E-state index in [1.807, 2.05) is 0 Å². The smallest absolute Gasteiger partial charge is 0.211 e. The highest BCUT2D eigenvalue weighted by molar-refractivity contribution is 6.05. The fourth-order valence-electron chi connectivity index (χ4n) is 3.01. The number of carbonyl (C=O) groups is 2. The molecule has 1 amide bonds. The van der Waals surface area contributed by atoms with Crippen molar-refractivity contribution < 1.29 is 14.3 Å². The molecule has 0 saturated heterocycles. The van der Waals surface area contributed by atoms with E-state index in [1.54, 1.807) is 26.0 Å². The molecule has 1 rings (SSSR count). The van der Waals surface area contributed by atoms with Crippen molar-refractivity contribution in [3.8, 4) is 5.75 Å². The molecule has 1 aromatic rings. The summed E-state index contributed by atoms with van der Waals surface area (Å²) in [5.74, 6) is 0.930. The molecule has 0 heterocycles. The molecule has 7 heteroatoms. The predicted molar refractivity (Wildman–Crippen MR) is 125 cm³/mol. The van der Waals surface area contributed by atoms with Gasteiger partial charge in [-0.05, 0) is 72.1 Å². The summed E-state index contributed by atoms with van der Waals surface area (Å²) in [5.41, 5.74) is 11.2. The molecule has 1 atom stereocenters. The summed E-state index contributed by atoms with van der Waals surface area (Å²) in [6, 6.07) is 5.42. The summed E-state index contributed by atoms with van der Waals surface area (Å²) in [4.78, 5) is 22.7. The van der Waals surface area contributed by atoms with Gasteiger partial charge in [0.2, 0.25) is 6.41 Å². The Morgan fingerprint density at radius 2 is 1.77 bits per heavy atom. The molecule has 0 aliphatic rings. The van der Waals surface area contributed by atoms with Gasteiger partial charge in [0.15, 0.2) is 5.78 Å². The molecule has 0 bridgehead atoms. The Bertz CT molecular complexity index is 661. The molecule has 0 radical (unpaired) electrons. The lowest BCUT2D eigenvalue weighted by atomic mass is 9.93.